The van der Waals surface area contributed by atoms with Crippen molar-refractivity contribution in [3.63, 3.8) is 0 Å². The molecule has 1 N–H and O–H groups in total. The van der Waals surface area contributed by atoms with Crippen LogP contribution in [0.4, 0.5) is 4.39 Å². The molecular weight excluding hydrogens is 453 g/mol. The molecule has 1 saturated heterocycles. The van der Waals surface area contributed by atoms with E-state index in [0.717, 1.165) is 6.20 Å². The second-order valence-electron chi connectivity index (χ2n) is 8.14. The van der Waals surface area contributed by atoms with Crippen molar-refractivity contribution in [3.05, 3.63) is 72.5 Å². The lowest BCUT2D eigenvalue weighted by atomic mass is 10.1. The summed E-state index contributed by atoms with van der Waals surface area (Å²) in [5, 5.41) is -0.0318. The fraction of sp³-hybridized carbons (Fsp3) is 0.208. The Bertz CT molecular complexity index is 1430. The van der Waals surface area contributed by atoms with Crippen molar-refractivity contribution >= 4 is 28.5 Å². The highest BCUT2D eigenvalue weighted by Gasteiger charge is 2.35. The third-order valence-electron chi connectivity index (χ3n) is 5.97. The number of carbonyl (C=O) groups is 3. The van der Waals surface area contributed by atoms with Gasteiger partial charge in [-0.25, -0.2) is 9.37 Å². The van der Waals surface area contributed by atoms with Crippen LogP contribution in [0.25, 0.3) is 22.3 Å². The van der Waals surface area contributed by atoms with Gasteiger partial charge in [-0.05, 0) is 19.1 Å². The van der Waals surface area contributed by atoms with Crippen molar-refractivity contribution in [2.75, 3.05) is 19.6 Å². The van der Waals surface area contributed by atoms with Crippen molar-refractivity contribution in [1.82, 2.24) is 34.7 Å². The molecule has 0 unspecified atom stereocenters. The van der Waals surface area contributed by atoms with Crippen LogP contribution in [-0.4, -0.2) is 78.0 Å². The Balaban J connectivity index is 1.38. The largest absolute Gasteiger partial charge is 0.359 e. The van der Waals surface area contributed by atoms with Gasteiger partial charge in [-0.15, -0.1) is 0 Å². The number of fused-ring (bicyclic) bond motifs is 1. The molecule has 0 bridgehead atoms. The van der Waals surface area contributed by atoms with Crippen LogP contribution in [0.1, 0.15) is 27.8 Å². The van der Waals surface area contributed by atoms with E-state index in [9.17, 15) is 18.8 Å². The summed E-state index contributed by atoms with van der Waals surface area (Å²) >= 11 is 0. The van der Waals surface area contributed by atoms with E-state index in [1.54, 1.807) is 36.2 Å². The summed E-state index contributed by atoms with van der Waals surface area (Å²) in [6, 6.07) is 4.67. The minimum absolute atomic E-state index is 0.0318. The zero-order chi connectivity index (χ0) is 24.5. The summed E-state index contributed by atoms with van der Waals surface area (Å²) < 4.78 is 14.8. The monoisotopic (exact) mass is 473 g/mol. The van der Waals surface area contributed by atoms with E-state index < -0.39 is 23.5 Å². The van der Waals surface area contributed by atoms with E-state index in [4.69, 9.17) is 0 Å². The Morgan fingerprint density at radius 1 is 1.06 bits per heavy atom. The van der Waals surface area contributed by atoms with Crippen LogP contribution in [0.3, 0.4) is 0 Å². The number of nitrogens with zero attached hydrogens (tertiary/aromatic N) is 6. The second kappa shape index (κ2) is 9.01. The first kappa shape index (κ1) is 22.3. The van der Waals surface area contributed by atoms with Crippen LogP contribution in [0.2, 0.25) is 0 Å². The van der Waals surface area contributed by atoms with Gasteiger partial charge in [0.05, 0.1) is 28.9 Å². The Morgan fingerprint density at radius 3 is 2.63 bits per heavy atom. The van der Waals surface area contributed by atoms with Gasteiger partial charge >= 0.3 is 0 Å². The van der Waals surface area contributed by atoms with E-state index in [-0.39, 0.29) is 42.0 Å². The molecule has 1 atom stereocenters. The Kier molecular flexibility index (Phi) is 5.73. The van der Waals surface area contributed by atoms with Gasteiger partial charge in [-0.3, -0.25) is 29.3 Å². The molecule has 35 heavy (non-hydrogen) atoms. The van der Waals surface area contributed by atoms with Crippen LogP contribution in [0.5, 0.6) is 0 Å². The van der Waals surface area contributed by atoms with Crippen LogP contribution in [-0.2, 0) is 4.79 Å². The molecule has 176 valence electrons. The number of hydrogen-bond donors (Lipinski definition) is 1. The smallest absolute Gasteiger partial charge is 0.295 e. The average Bonchev–Trinajstić information content (AvgIpc) is 3.35. The van der Waals surface area contributed by atoms with Gasteiger partial charge in [-0.1, -0.05) is 6.07 Å². The number of amides is 2. The van der Waals surface area contributed by atoms with Gasteiger partial charge in [0.15, 0.2) is 5.82 Å². The fourth-order valence-corrected chi connectivity index (χ4v) is 4.24. The van der Waals surface area contributed by atoms with Gasteiger partial charge in [0.2, 0.25) is 0 Å². The highest BCUT2D eigenvalue weighted by atomic mass is 19.1. The zero-order valence-corrected chi connectivity index (χ0v) is 18.7. The third-order valence-corrected chi connectivity index (χ3v) is 5.97. The predicted octanol–water partition coefficient (Wildman–Crippen LogP) is 2.11. The Labute approximate surface area is 198 Å². The summed E-state index contributed by atoms with van der Waals surface area (Å²) in [5.41, 5.74) is 1.19. The maximum atomic E-state index is 14.8. The number of Topliss-reactive ketones (excluding diaryl/α,β-unsaturated/α-hetero) is 1. The molecule has 2 amide bonds. The molecule has 11 heteroatoms. The lowest BCUT2D eigenvalue weighted by Gasteiger charge is -2.39. The van der Waals surface area contributed by atoms with Crippen molar-refractivity contribution in [2.45, 2.75) is 13.0 Å². The minimum atomic E-state index is -0.845. The molecule has 4 aromatic rings. The number of rotatable bonds is 4. The standard InChI is InChI=1S/C24H20FN7O3/c1-14-13-31(23(34)17-4-2-3-5-27-17)8-9-32(14)24(35)22(33)15-10-29-21-19(15)16(25)11-30-20(21)18-12-26-6-7-28-18/h2-7,10-12,14,29H,8-9,13H2,1H3/t14-/m1/s1. The zero-order valence-electron chi connectivity index (χ0n) is 18.7. The predicted molar refractivity (Wildman–Crippen MR) is 123 cm³/mol. The number of piperazine rings is 1. The second-order valence-corrected chi connectivity index (χ2v) is 8.14. The number of H-pyrrole nitrogens is 1. The Morgan fingerprint density at radius 2 is 1.91 bits per heavy atom. The van der Waals surface area contributed by atoms with E-state index in [1.807, 2.05) is 0 Å². The molecule has 5 heterocycles. The summed E-state index contributed by atoms with van der Waals surface area (Å²) in [7, 11) is 0. The van der Waals surface area contributed by atoms with E-state index in [1.165, 1.54) is 29.7 Å². The SMILES string of the molecule is C[C@@H]1CN(C(=O)c2ccccn2)CCN1C(=O)C(=O)c1c[nH]c2c(-c3cnccn3)ncc(F)c12. The number of hydrogen-bond acceptors (Lipinski definition) is 7. The van der Waals surface area contributed by atoms with Gasteiger partial charge in [0.25, 0.3) is 17.6 Å². The average molecular weight is 473 g/mol. The third kappa shape index (κ3) is 4.01. The van der Waals surface area contributed by atoms with E-state index in [2.05, 4.69) is 24.9 Å². The first-order chi connectivity index (χ1) is 17.0. The van der Waals surface area contributed by atoms with Crippen molar-refractivity contribution in [2.24, 2.45) is 0 Å². The van der Waals surface area contributed by atoms with Gasteiger partial charge < -0.3 is 14.8 Å². The van der Waals surface area contributed by atoms with Crippen molar-refractivity contribution in [1.29, 1.82) is 0 Å². The number of aromatic nitrogens is 5. The van der Waals surface area contributed by atoms with E-state index in [0.29, 0.717) is 17.1 Å². The molecule has 1 aliphatic heterocycles. The van der Waals surface area contributed by atoms with Gasteiger partial charge in [0.1, 0.15) is 17.1 Å². The number of pyridine rings is 2. The number of ketones is 1. The molecule has 5 rings (SSSR count). The summed E-state index contributed by atoms with van der Waals surface area (Å²) in [4.78, 5) is 61.3. The topological polar surface area (TPSA) is 125 Å². The number of carbonyl (C=O) groups excluding carboxylic acids is 3. The van der Waals surface area contributed by atoms with Crippen LogP contribution in [0.15, 0.2) is 55.4 Å². The summed E-state index contributed by atoms with van der Waals surface area (Å²) in [6.07, 6.45) is 8.29. The van der Waals surface area contributed by atoms with Gasteiger partial charge in [-0.2, -0.15) is 0 Å². The maximum absolute atomic E-state index is 14.8. The molecule has 0 radical (unpaired) electrons. The van der Waals surface area contributed by atoms with Crippen LogP contribution in [0, 0.1) is 5.82 Å². The lowest BCUT2D eigenvalue weighted by Crippen LogP contribution is -2.56. The van der Waals surface area contributed by atoms with E-state index >= 15 is 0 Å². The molecule has 10 nitrogen and oxygen atoms in total. The molecule has 0 aliphatic carbocycles. The molecule has 1 aliphatic rings. The summed E-state index contributed by atoms with van der Waals surface area (Å²) in [5.74, 6) is -2.58. The van der Waals surface area contributed by atoms with Gasteiger partial charge in [0, 0.05) is 50.5 Å². The fourth-order valence-electron chi connectivity index (χ4n) is 4.24. The maximum Gasteiger partial charge on any atom is 0.295 e. The number of halogens is 1. The van der Waals surface area contributed by atoms with Crippen molar-refractivity contribution in [3.8, 4) is 11.4 Å². The molecule has 0 aromatic carbocycles. The first-order valence-electron chi connectivity index (χ1n) is 10.9. The Hall–Kier alpha value is -4.54. The normalized spacial score (nSPS) is 15.9. The number of aromatic amines is 1. The lowest BCUT2D eigenvalue weighted by molar-refractivity contribution is -0.130. The molecule has 4 aromatic heterocycles. The molecule has 0 spiro atoms. The van der Waals surface area contributed by atoms with Crippen LogP contribution < -0.4 is 0 Å². The van der Waals surface area contributed by atoms with Crippen molar-refractivity contribution < 1.29 is 18.8 Å². The summed E-state index contributed by atoms with van der Waals surface area (Å²) in [6.45, 7) is 2.43. The minimum Gasteiger partial charge on any atom is -0.359 e. The quantitative estimate of drug-likeness (QED) is 0.355. The number of nitrogens with one attached hydrogen (secondary N) is 1. The molecular formula is C24H20FN7O3. The highest BCUT2D eigenvalue weighted by molar-refractivity contribution is 6.45. The molecule has 1 fully saturated rings. The highest BCUT2D eigenvalue weighted by Crippen LogP contribution is 2.29. The van der Waals surface area contributed by atoms with Crippen LogP contribution >= 0.6 is 0 Å². The first-order valence-corrected chi connectivity index (χ1v) is 10.9. The molecule has 0 saturated carbocycles.